The minimum Gasteiger partial charge on any atom is -0.370 e. The minimum absolute atomic E-state index is 0.183. The monoisotopic (exact) mass is 269 g/mol. The van der Waals surface area contributed by atoms with Crippen molar-refractivity contribution in [2.75, 3.05) is 18.0 Å². The van der Waals surface area contributed by atoms with Gasteiger partial charge in [0.15, 0.2) is 0 Å². The molecule has 0 bridgehead atoms. The maximum atomic E-state index is 11.6. The minimum atomic E-state index is -3.69. The lowest BCUT2D eigenvalue weighted by Crippen LogP contribution is -2.46. The van der Waals surface area contributed by atoms with Gasteiger partial charge in [0.1, 0.15) is 4.90 Å². The lowest BCUT2D eigenvalue weighted by Gasteiger charge is -2.37. The third-order valence-electron chi connectivity index (χ3n) is 3.48. The Labute approximate surface area is 108 Å². The molecule has 2 rings (SSSR count). The summed E-state index contributed by atoms with van der Waals surface area (Å²) >= 11 is 0. The van der Waals surface area contributed by atoms with Crippen molar-refractivity contribution >= 4 is 15.7 Å². The largest absolute Gasteiger partial charge is 0.370 e. The third-order valence-corrected chi connectivity index (χ3v) is 4.44. The van der Waals surface area contributed by atoms with Crippen molar-refractivity contribution in [2.45, 2.75) is 24.3 Å². The first-order valence-corrected chi connectivity index (χ1v) is 7.56. The molecule has 1 heterocycles. The van der Waals surface area contributed by atoms with E-state index in [-0.39, 0.29) is 10.9 Å². The van der Waals surface area contributed by atoms with Gasteiger partial charge < -0.3 is 10.6 Å². The summed E-state index contributed by atoms with van der Waals surface area (Å²) in [5.41, 5.74) is 6.65. The van der Waals surface area contributed by atoms with E-state index in [4.69, 9.17) is 10.9 Å². The summed E-state index contributed by atoms with van der Waals surface area (Å²) in [6, 6.07) is 7.03. The third kappa shape index (κ3) is 2.66. The molecule has 1 aliphatic rings. The smallest absolute Gasteiger partial charge is 0.240 e. The Hall–Kier alpha value is -1.11. The number of hydrogen-bond donors (Lipinski definition) is 2. The molecule has 0 saturated carbocycles. The summed E-state index contributed by atoms with van der Waals surface area (Å²) in [7, 11) is -3.69. The second-order valence-corrected chi connectivity index (χ2v) is 6.42. The molecule has 0 aromatic heterocycles. The maximum absolute atomic E-state index is 11.6. The molecule has 18 heavy (non-hydrogen) atoms. The first kappa shape index (κ1) is 13.3. The van der Waals surface area contributed by atoms with Gasteiger partial charge in [-0.15, -0.1) is 0 Å². The highest BCUT2D eigenvalue weighted by Crippen LogP contribution is 2.28. The molecule has 1 aromatic rings. The zero-order valence-electron chi connectivity index (χ0n) is 10.4. The molecular weight excluding hydrogens is 250 g/mol. The first-order chi connectivity index (χ1) is 8.39. The molecule has 0 amide bonds. The Morgan fingerprint density at radius 3 is 2.61 bits per heavy atom. The predicted molar refractivity (Wildman–Crippen MR) is 71.8 cm³/mol. The van der Waals surface area contributed by atoms with Crippen LogP contribution in [0.25, 0.3) is 0 Å². The van der Waals surface area contributed by atoms with Gasteiger partial charge in [0.05, 0.1) is 5.69 Å². The zero-order chi connectivity index (χ0) is 13.3. The molecule has 1 aromatic carbocycles. The van der Waals surface area contributed by atoms with E-state index < -0.39 is 10.0 Å². The number of hydrogen-bond acceptors (Lipinski definition) is 4. The molecule has 6 heteroatoms. The van der Waals surface area contributed by atoms with Gasteiger partial charge in [-0.3, -0.25) is 0 Å². The molecule has 2 unspecified atom stereocenters. The van der Waals surface area contributed by atoms with Gasteiger partial charge >= 0.3 is 0 Å². The van der Waals surface area contributed by atoms with Gasteiger partial charge in [-0.1, -0.05) is 19.1 Å². The first-order valence-electron chi connectivity index (χ1n) is 6.02. The lowest BCUT2D eigenvalue weighted by atomic mass is 9.94. The molecular formula is C12H19N3O2S. The highest BCUT2D eigenvalue weighted by Gasteiger charge is 2.26. The van der Waals surface area contributed by atoms with Crippen molar-refractivity contribution in [1.82, 2.24) is 0 Å². The van der Waals surface area contributed by atoms with Crippen molar-refractivity contribution in [2.24, 2.45) is 16.8 Å². The van der Waals surface area contributed by atoms with E-state index in [1.165, 1.54) is 0 Å². The summed E-state index contributed by atoms with van der Waals surface area (Å²) < 4.78 is 23.1. The number of piperidine rings is 1. The summed E-state index contributed by atoms with van der Waals surface area (Å²) in [6.07, 6.45) is 0.861. The summed E-state index contributed by atoms with van der Waals surface area (Å²) in [5.74, 6) is 0.340. The fourth-order valence-electron chi connectivity index (χ4n) is 2.34. The zero-order valence-corrected chi connectivity index (χ0v) is 11.2. The van der Waals surface area contributed by atoms with Crippen LogP contribution in [0.3, 0.4) is 0 Å². The normalized spacial score (nSPS) is 25.2. The fourth-order valence-corrected chi connectivity index (χ4v) is 3.10. The molecule has 1 saturated heterocycles. The number of primary sulfonamides is 1. The highest BCUT2D eigenvalue weighted by atomic mass is 32.2. The van der Waals surface area contributed by atoms with Crippen molar-refractivity contribution in [3.63, 3.8) is 0 Å². The standard InChI is InChI=1S/C12H19N3O2S/c1-9-8-15(7-6-10(9)13)11-4-2-3-5-12(11)18(14,16)17/h2-5,9-10H,6-8,13H2,1H3,(H2,14,16,17). The molecule has 1 fully saturated rings. The van der Waals surface area contributed by atoms with Crippen molar-refractivity contribution in [1.29, 1.82) is 0 Å². The number of rotatable bonds is 2. The van der Waals surface area contributed by atoms with E-state index in [1.807, 2.05) is 11.0 Å². The molecule has 0 aliphatic carbocycles. The number of para-hydroxylation sites is 1. The fraction of sp³-hybridized carbons (Fsp3) is 0.500. The van der Waals surface area contributed by atoms with Crippen LogP contribution in [0, 0.1) is 5.92 Å². The number of benzene rings is 1. The quantitative estimate of drug-likeness (QED) is 0.818. The average Bonchev–Trinajstić information content (AvgIpc) is 2.32. The van der Waals surface area contributed by atoms with Crippen LogP contribution < -0.4 is 15.8 Å². The lowest BCUT2D eigenvalue weighted by molar-refractivity contribution is 0.382. The molecule has 1 aliphatic heterocycles. The SMILES string of the molecule is CC1CN(c2ccccc2S(N)(=O)=O)CCC1N. The van der Waals surface area contributed by atoms with Crippen LogP contribution in [0.5, 0.6) is 0 Å². The number of sulfonamides is 1. The highest BCUT2D eigenvalue weighted by molar-refractivity contribution is 7.89. The van der Waals surface area contributed by atoms with E-state index in [9.17, 15) is 8.42 Å². The van der Waals surface area contributed by atoms with Gasteiger partial charge in [-0.2, -0.15) is 0 Å². The average molecular weight is 269 g/mol. The van der Waals surface area contributed by atoms with Gasteiger partial charge in [0.2, 0.25) is 10.0 Å². The summed E-state index contributed by atoms with van der Waals surface area (Å²) in [4.78, 5) is 2.24. The van der Waals surface area contributed by atoms with Crippen LogP contribution in [0.2, 0.25) is 0 Å². The Morgan fingerprint density at radius 1 is 1.33 bits per heavy atom. The second-order valence-electron chi connectivity index (χ2n) is 4.89. The molecule has 4 N–H and O–H groups in total. The molecule has 5 nitrogen and oxygen atoms in total. The van der Waals surface area contributed by atoms with Gasteiger partial charge in [-0.05, 0) is 24.5 Å². The maximum Gasteiger partial charge on any atom is 0.240 e. The molecule has 2 atom stereocenters. The summed E-state index contributed by atoms with van der Waals surface area (Å²) in [5, 5.41) is 5.25. The van der Waals surface area contributed by atoms with Crippen LogP contribution in [0.4, 0.5) is 5.69 Å². The predicted octanol–water partition coefficient (Wildman–Crippen LogP) is 0.507. The van der Waals surface area contributed by atoms with E-state index in [1.54, 1.807) is 18.2 Å². The van der Waals surface area contributed by atoms with Crippen LogP contribution in [0.15, 0.2) is 29.2 Å². The van der Waals surface area contributed by atoms with E-state index >= 15 is 0 Å². The Bertz CT molecular complexity index is 530. The van der Waals surface area contributed by atoms with Gasteiger partial charge in [-0.25, -0.2) is 13.6 Å². The van der Waals surface area contributed by atoms with Crippen LogP contribution in [0.1, 0.15) is 13.3 Å². The molecule has 0 radical (unpaired) electrons. The Kier molecular flexibility index (Phi) is 3.61. The second kappa shape index (κ2) is 4.87. The van der Waals surface area contributed by atoms with E-state index in [0.717, 1.165) is 19.5 Å². The summed E-state index contributed by atoms with van der Waals surface area (Å²) in [6.45, 7) is 3.60. The van der Waals surface area contributed by atoms with Crippen LogP contribution in [-0.2, 0) is 10.0 Å². The van der Waals surface area contributed by atoms with Crippen molar-refractivity contribution in [3.05, 3.63) is 24.3 Å². The van der Waals surface area contributed by atoms with Crippen LogP contribution in [-0.4, -0.2) is 27.5 Å². The van der Waals surface area contributed by atoms with E-state index in [0.29, 0.717) is 11.6 Å². The van der Waals surface area contributed by atoms with Gasteiger partial charge in [0, 0.05) is 19.1 Å². The van der Waals surface area contributed by atoms with E-state index in [2.05, 4.69) is 6.92 Å². The Balaban J connectivity index is 2.35. The van der Waals surface area contributed by atoms with Gasteiger partial charge in [0.25, 0.3) is 0 Å². The number of nitrogens with zero attached hydrogens (tertiary/aromatic N) is 1. The molecule has 100 valence electrons. The van der Waals surface area contributed by atoms with Crippen molar-refractivity contribution < 1.29 is 8.42 Å². The Morgan fingerprint density at radius 2 is 2.00 bits per heavy atom. The number of nitrogens with two attached hydrogens (primary N) is 2. The topological polar surface area (TPSA) is 89.4 Å². The number of anilines is 1. The molecule has 0 spiro atoms. The van der Waals surface area contributed by atoms with Crippen LogP contribution >= 0.6 is 0 Å². The van der Waals surface area contributed by atoms with Crippen molar-refractivity contribution in [3.8, 4) is 0 Å².